The lowest BCUT2D eigenvalue weighted by molar-refractivity contribution is -0.113. The molecule has 0 aliphatic carbocycles. The van der Waals surface area contributed by atoms with Crippen LogP contribution in [0, 0.1) is 0 Å². The van der Waals surface area contributed by atoms with Crippen LogP contribution in [0.15, 0.2) is 23.0 Å². The third-order valence-electron chi connectivity index (χ3n) is 3.89. The molecule has 0 bridgehead atoms. The topological polar surface area (TPSA) is 96.4 Å². The number of amides is 1. The van der Waals surface area contributed by atoms with Gasteiger partial charge in [0, 0.05) is 6.04 Å². The van der Waals surface area contributed by atoms with Crippen LogP contribution in [0.2, 0.25) is 0 Å². The monoisotopic (exact) mass is 349 g/mol. The fourth-order valence-electron chi connectivity index (χ4n) is 2.75. The summed E-state index contributed by atoms with van der Waals surface area (Å²) in [6.07, 6.45) is 0. The maximum atomic E-state index is 12.5. The van der Waals surface area contributed by atoms with Gasteiger partial charge in [-0.1, -0.05) is 6.07 Å². The lowest BCUT2D eigenvalue weighted by Crippen LogP contribution is -2.17. The molecule has 3 rings (SSSR count). The zero-order valence-corrected chi connectivity index (χ0v) is 14.4. The van der Waals surface area contributed by atoms with Gasteiger partial charge in [0.05, 0.1) is 23.7 Å². The molecular weight excluding hydrogens is 330 g/mol. The van der Waals surface area contributed by atoms with Gasteiger partial charge in [-0.25, -0.2) is 0 Å². The van der Waals surface area contributed by atoms with E-state index in [2.05, 4.69) is 10.4 Å². The first-order valence-electron chi connectivity index (χ1n) is 7.55. The van der Waals surface area contributed by atoms with Crippen LogP contribution in [0.3, 0.4) is 0 Å². The molecular formula is C16H19N3O4S. The molecule has 1 atom stereocenters. The second-order valence-electron chi connectivity index (χ2n) is 5.84. The minimum Gasteiger partial charge on any atom is -0.504 e. The number of phenolic OH excluding ortho intramolecular Hbond substituents is 1. The molecule has 3 N–H and O–H groups in total. The maximum absolute atomic E-state index is 12.5. The average Bonchev–Trinajstić information content (AvgIpc) is 2.75. The molecule has 0 radical (unpaired) electrons. The van der Waals surface area contributed by atoms with E-state index in [9.17, 15) is 14.7 Å². The Morgan fingerprint density at radius 3 is 2.79 bits per heavy atom. The lowest BCUT2D eigenvalue weighted by Gasteiger charge is -2.16. The standard InChI is InChI=1S/C16H19N3O4S/c1-8(2)19-15-13(16(22)18-19)14(24-7-12(21)17-15)9-4-5-10(20)11(6-9)23-3/h4-6,8,14,20H,7H2,1-3H3,(H,17,21)(H,18,22)/t14-/m0/s1. The number of nitrogens with one attached hydrogen (secondary N) is 2. The largest absolute Gasteiger partial charge is 0.504 e. The molecule has 0 unspecified atom stereocenters. The number of ether oxygens (including phenoxy) is 1. The Labute approximate surface area is 143 Å². The van der Waals surface area contributed by atoms with Gasteiger partial charge in [0.15, 0.2) is 11.5 Å². The number of aromatic amines is 1. The fourth-order valence-corrected chi connectivity index (χ4v) is 3.87. The molecule has 7 nitrogen and oxygen atoms in total. The Balaban J connectivity index is 2.17. The molecule has 1 aromatic carbocycles. The van der Waals surface area contributed by atoms with E-state index in [0.29, 0.717) is 17.1 Å². The Hall–Kier alpha value is -2.35. The number of anilines is 1. The van der Waals surface area contributed by atoms with Crippen LogP contribution < -0.4 is 15.6 Å². The number of aromatic hydroxyl groups is 1. The first-order chi connectivity index (χ1) is 11.4. The van der Waals surface area contributed by atoms with E-state index in [4.69, 9.17) is 4.74 Å². The summed E-state index contributed by atoms with van der Waals surface area (Å²) in [5.41, 5.74) is 1.07. The number of carbonyl (C=O) groups is 1. The van der Waals surface area contributed by atoms with Crippen LogP contribution in [0.25, 0.3) is 0 Å². The van der Waals surface area contributed by atoms with E-state index in [0.717, 1.165) is 5.56 Å². The first kappa shape index (κ1) is 16.5. The molecule has 1 aliphatic heterocycles. The van der Waals surface area contributed by atoms with Crippen LogP contribution in [0.4, 0.5) is 5.82 Å². The summed E-state index contributed by atoms with van der Waals surface area (Å²) in [5, 5.41) is 15.1. The van der Waals surface area contributed by atoms with Gasteiger partial charge in [0.2, 0.25) is 5.91 Å². The number of thioether (sulfide) groups is 1. The molecule has 1 aliphatic rings. The van der Waals surface area contributed by atoms with E-state index in [1.807, 2.05) is 13.8 Å². The Morgan fingerprint density at radius 2 is 2.12 bits per heavy atom. The van der Waals surface area contributed by atoms with E-state index in [1.165, 1.54) is 24.9 Å². The third-order valence-corrected chi connectivity index (χ3v) is 5.16. The number of benzene rings is 1. The fraction of sp³-hybridized carbons (Fsp3) is 0.375. The van der Waals surface area contributed by atoms with Crippen molar-refractivity contribution in [2.45, 2.75) is 25.1 Å². The lowest BCUT2D eigenvalue weighted by atomic mass is 10.1. The summed E-state index contributed by atoms with van der Waals surface area (Å²) in [6.45, 7) is 3.86. The highest BCUT2D eigenvalue weighted by Crippen LogP contribution is 2.42. The average molecular weight is 349 g/mol. The van der Waals surface area contributed by atoms with Crippen molar-refractivity contribution in [1.29, 1.82) is 0 Å². The number of hydrogen-bond acceptors (Lipinski definition) is 5. The Morgan fingerprint density at radius 1 is 1.38 bits per heavy atom. The van der Waals surface area contributed by atoms with Crippen LogP contribution in [0.1, 0.15) is 36.3 Å². The minimum atomic E-state index is -0.336. The van der Waals surface area contributed by atoms with Crippen molar-refractivity contribution in [3.8, 4) is 11.5 Å². The van der Waals surface area contributed by atoms with Gasteiger partial charge in [-0.3, -0.25) is 19.4 Å². The molecule has 1 aromatic heterocycles. The predicted molar refractivity (Wildman–Crippen MR) is 93.0 cm³/mol. The van der Waals surface area contributed by atoms with E-state index in [1.54, 1.807) is 16.8 Å². The molecule has 0 spiro atoms. The Bertz CT molecular complexity index is 840. The molecule has 1 amide bonds. The maximum Gasteiger partial charge on any atom is 0.270 e. The molecule has 2 heterocycles. The van der Waals surface area contributed by atoms with Gasteiger partial charge in [-0.15, -0.1) is 11.8 Å². The smallest absolute Gasteiger partial charge is 0.270 e. The zero-order chi connectivity index (χ0) is 17.4. The van der Waals surface area contributed by atoms with Gasteiger partial charge in [-0.2, -0.15) is 0 Å². The normalized spacial score (nSPS) is 17.3. The SMILES string of the molecule is COc1cc([C@@H]2SCC(=O)Nc3c2c(=O)[nH]n3C(C)C)ccc1O. The quantitative estimate of drug-likeness (QED) is 0.790. The van der Waals surface area contributed by atoms with Crippen LogP contribution in [0.5, 0.6) is 11.5 Å². The summed E-state index contributed by atoms with van der Waals surface area (Å²) in [6, 6.07) is 4.96. The number of methoxy groups -OCH3 is 1. The van der Waals surface area contributed by atoms with Crippen molar-refractivity contribution < 1.29 is 14.6 Å². The molecule has 8 heteroatoms. The highest BCUT2D eigenvalue weighted by molar-refractivity contribution is 8.00. The van der Waals surface area contributed by atoms with Gasteiger partial charge in [0.25, 0.3) is 5.56 Å². The summed E-state index contributed by atoms with van der Waals surface area (Å²) >= 11 is 1.37. The van der Waals surface area contributed by atoms with Crippen LogP contribution in [-0.2, 0) is 4.79 Å². The van der Waals surface area contributed by atoms with Gasteiger partial charge < -0.3 is 15.2 Å². The zero-order valence-electron chi connectivity index (χ0n) is 13.6. The molecule has 0 fully saturated rings. The number of hydrogen-bond donors (Lipinski definition) is 3. The van der Waals surface area contributed by atoms with Crippen molar-refractivity contribution in [1.82, 2.24) is 9.78 Å². The summed E-state index contributed by atoms with van der Waals surface area (Å²) in [5.74, 6) is 0.950. The second-order valence-corrected chi connectivity index (χ2v) is 6.93. The second kappa shape index (κ2) is 6.27. The Kier molecular flexibility index (Phi) is 4.31. The van der Waals surface area contributed by atoms with Gasteiger partial charge in [0.1, 0.15) is 5.82 Å². The third kappa shape index (κ3) is 2.77. The van der Waals surface area contributed by atoms with Gasteiger partial charge >= 0.3 is 0 Å². The molecule has 2 aromatic rings. The summed E-state index contributed by atoms with van der Waals surface area (Å²) < 4.78 is 6.83. The number of H-pyrrole nitrogens is 1. The van der Waals surface area contributed by atoms with Crippen LogP contribution in [-0.4, -0.2) is 33.7 Å². The number of phenols is 1. The number of rotatable bonds is 3. The van der Waals surface area contributed by atoms with Crippen molar-refractivity contribution in [3.05, 3.63) is 39.7 Å². The molecule has 24 heavy (non-hydrogen) atoms. The number of fused-ring (bicyclic) bond motifs is 1. The van der Waals surface area contributed by atoms with Crippen molar-refractivity contribution >= 4 is 23.5 Å². The highest BCUT2D eigenvalue weighted by Gasteiger charge is 2.31. The minimum absolute atomic E-state index is 0.000135. The van der Waals surface area contributed by atoms with Crippen molar-refractivity contribution in [3.63, 3.8) is 0 Å². The van der Waals surface area contributed by atoms with E-state index < -0.39 is 0 Å². The molecule has 128 valence electrons. The van der Waals surface area contributed by atoms with Crippen molar-refractivity contribution in [2.75, 3.05) is 18.2 Å². The molecule has 0 saturated heterocycles. The number of aromatic nitrogens is 2. The predicted octanol–water partition coefficient (Wildman–Crippen LogP) is 2.25. The van der Waals surface area contributed by atoms with Gasteiger partial charge in [-0.05, 0) is 31.5 Å². The van der Waals surface area contributed by atoms with Crippen molar-refractivity contribution in [2.24, 2.45) is 0 Å². The number of carbonyl (C=O) groups excluding carboxylic acids is 1. The van der Waals surface area contributed by atoms with E-state index >= 15 is 0 Å². The summed E-state index contributed by atoms with van der Waals surface area (Å²) in [7, 11) is 1.47. The number of nitrogens with zero attached hydrogens (tertiary/aromatic N) is 1. The van der Waals surface area contributed by atoms with Crippen LogP contribution >= 0.6 is 11.8 Å². The molecule has 0 saturated carbocycles. The summed E-state index contributed by atoms with van der Waals surface area (Å²) in [4.78, 5) is 24.6. The first-order valence-corrected chi connectivity index (χ1v) is 8.60. The highest BCUT2D eigenvalue weighted by atomic mass is 32.2. The van der Waals surface area contributed by atoms with E-state index in [-0.39, 0.29) is 34.3 Å².